The predicted octanol–water partition coefficient (Wildman–Crippen LogP) is 2.80. The number of carbonyl (C=O) groups is 2. The Morgan fingerprint density at radius 3 is 2.71 bits per heavy atom. The number of rotatable bonds is 6. The lowest BCUT2D eigenvalue weighted by Crippen LogP contribution is -2.30. The molecule has 24 heavy (non-hydrogen) atoms. The Hall–Kier alpha value is -2.96. The Labute approximate surface area is 138 Å². The van der Waals surface area contributed by atoms with E-state index in [9.17, 15) is 14.0 Å². The van der Waals surface area contributed by atoms with Gasteiger partial charge in [0.1, 0.15) is 11.4 Å². The van der Waals surface area contributed by atoms with Crippen LogP contribution < -0.4 is 10.1 Å². The van der Waals surface area contributed by atoms with Crippen LogP contribution in [0, 0.1) is 5.82 Å². The average Bonchev–Trinajstić information content (AvgIpc) is 2.57. The van der Waals surface area contributed by atoms with Crippen molar-refractivity contribution >= 4 is 17.6 Å². The number of carbonyl (C=O) groups excluding carboxylic acids is 2. The maximum atomic E-state index is 13.5. The highest BCUT2D eigenvalue weighted by atomic mass is 19.1. The van der Waals surface area contributed by atoms with Gasteiger partial charge in [-0.1, -0.05) is 12.1 Å². The molecule has 7 heteroatoms. The summed E-state index contributed by atoms with van der Waals surface area (Å²) in [6, 6.07) is 8.77. The number of aromatic nitrogens is 1. The fraction of sp³-hybridized carbons (Fsp3) is 0.235. The number of benzene rings is 1. The Balaban J connectivity index is 2.03. The van der Waals surface area contributed by atoms with E-state index in [-0.39, 0.29) is 17.1 Å². The molecule has 1 atom stereocenters. The zero-order valence-electron chi connectivity index (χ0n) is 13.3. The first-order chi connectivity index (χ1) is 11.5. The summed E-state index contributed by atoms with van der Waals surface area (Å²) in [6.45, 7) is 3.49. The van der Waals surface area contributed by atoms with Crippen LogP contribution in [0.1, 0.15) is 24.2 Å². The minimum atomic E-state index is -1.12. The zero-order valence-corrected chi connectivity index (χ0v) is 13.3. The lowest BCUT2D eigenvalue weighted by atomic mass is 10.2. The van der Waals surface area contributed by atoms with Crippen LogP contribution in [0.5, 0.6) is 5.88 Å². The molecule has 0 aliphatic heterocycles. The van der Waals surface area contributed by atoms with Crippen LogP contribution in [-0.2, 0) is 9.53 Å². The lowest BCUT2D eigenvalue weighted by Gasteiger charge is -2.15. The van der Waals surface area contributed by atoms with E-state index in [1.807, 2.05) is 0 Å². The van der Waals surface area contributed by atoms with Crippen molar-refractivity contribution in [1.29, 1.82) is 0 Å². The molecule has 0 saturated carbocycles. The van der Waals surface area contributed by atoms with Crippen molar-refractivity contribution in [3.05, 3.63) is 54.0 Å². The molecule has 0 fully saturated rings. The van der Waals surface area contributed by atoms with E-state index >= 15 is 0 Å². The molecule has 126 valence electrons. The summed E-state index contributed by atoms with van der Waals surface area (Å²) < 4.78 is 23.9. The lowest BCUT2D eigenvalue weighted by molar-refractivity contribution is -0.123. The second kappa shape index (κ2) is 8.05. The number of pyridine rings is 1. The predicted molar refractivity (Wildman–Crippen MR) is 85.3 cm³/mol. The molecule has 6 nitrogen and oxygen atoms in total. The third-order valence-corrected chi connectivity index (χ3v) is 3.06. The minimum absolute atomic E-state index is 0.0155. The Kier molecular flexibility index (Phi) is 5.83. The molecule has 0 radical (unpaired) electrons. The molecule has 1 heterocycles. The van der Waals surface area contributed by atoms with E-state index in [4.69, 9.17) is 9.47 Å². The second-order valence-electron chi connectivity index (χ2n) is 4.81. The van der Waals surface area contributed by atoms with Crippen LogP contribution in [0.4, 0.5) is 10.1 Å². The Morgan fingerprint density at radius 1 is 1.25 bits per heavy atom. The number of anilines is 1. The third-order valence-electron chi connectivity index (χ3n) is 3.06. The van der Waals surface area contributed by atoms with Crippen LogP contribution in [0.25, 0.3) is 0 Å². The molecule has 0 unspecified atom stereocenters. The summed E-state index contributed by atoms with van der Waals surface area (Å²) >= 11 is 0. The van der Waals surface area contributed by atoms with Gasteiger partial charge in [0.05, 0.1) is 12.3 Å². The number of hydrogen-bond donors (Lipinski definition) is 1. The van der Waals surface area contributed by atoms with Gasteiger partial charge < -0.3 is 14.8 Å². The van der Waals surface area contributed by atoms with Gasteiger partial charge >= 0.3 is 5.97 Å². The number of para-hydroxylation sites is 1. The van der Waals surface area contributed by atoms with E-state index in [2.05, 4.69) is 10.3 Å². The van der Waals surface area contributed by atoms with E-state index < -0.39 is 23.8 Å². The van der Waals surface area contributed by atoms with Gasteiger partial charge in [0.15, 0.2) is 6.10 Å². The van der Waals surface area contributed by atoms with Crippen LogP contribution >= 0.6 is 0 Å². The summed E-state index contributed by atoms with van der Waals surface area (Å²) in [5.41, 5.74) is 0.131. The van der Waals surface area contributed by atoms with E-state index in [1.165, 1.54) is 37.4 Å². The standard InChI is InChI=1S/C17H17FN2O4/c1-3-23-16-12(7-6-10-19-16)17(22)24-11(2)15(21)20-14-9-5-4-8-13(14)18/h4-11H,3H2,1-2H3,(H,20,21)/t11-/m1/s1. The Bertz CT molecular complexity index is 736. The second-order valence-corrected chi connectivity index (χ2v) is 4.81. The van der Waals surface area contributed by atoms with Crippen LogP contribution in [0.15, 0.2) is 42.6 Å². The molecule has 0 bridgehead atoms. The maximum Gasteiger partial charge on any atom is 0.344 e. The smallest absolute Gasteiger partial charge is 0.344 e. The molecule has 1 aromatic carbocycles. The van der Waals surface area contributed by atoms with Gasteiger partial charge in [0.25, 0.3) is 5.91 Å². The molecule has 0 aliphatic rings. The molecule has 0 spiro atoms. The number of nitrogens with zero attached hydrogens (tertiary/aromatic N) is 1. The van der Waals surface area contributed by atoms with Crippen molar-refractivity contribution in [1.82, 2.24) is 4.98 Å². The van der Waals surface area contributed by atoms with E-state index in [0.29, 0.717) is 6.61 Å². The first kappa shape index (κ1) is 17.4. The molecule has 0 aliphatic carbocycles. The van der Waals surface area contributed by atoms with Gasteiger partial charge in [-0.25, -0.2) is 14.2 Å². The monoisotopic (exact) mass is 332 g/mol. The summed E-state index contributed by atoms with van der Waals surface area (Å²) in [4.78, 5) is 28.2. The van der Waals surface area contributed by atoms with Crippen molar-refractivity contribution in [2.24, 2.45) is 0 Å². The zero-order chi connectivity index (χ0) is 17.5. The minimum Gasteiger partial charge on any atom is -0.477 e. The molecule has 2 aromatic rings. The number of nitrogens with one attached hydrogen (secondary N) is 1. The fourth-order valence-electron chi connectivity index (χ4n) is 1.87. The molecule has 2 rings (SSSR count). The van der Waals surface area contributed by atoms with Gasteiger partial charge in [-0.3, -0.25) is 4.79 Å². The normalized spacial score (nSPS) is 11.5. The average molecular weight is 332 g/mol. The quantitative estimate of drug-likeness (QED) is 0.823. The largest absolute Gasteiger partial charge is 0.477 e. The highest BCUT2D eigenvalue weighted by molar-refractivity contribution is 5.98. The third kappa shape index (κ3) is 4.28. The maximum absolute atomic E-state index is 13.5. The highest BCUT2D eigenvalue weighted by Gasteiger charge is 2.22. The van der Waals surface area contributed by atoms with E-state index in [0.717, 1.165) is 0 Å². The number of esters is 1. The van der Waals surface area contributed by atoms with Gasteiger partial charge in [0.2, 0.25) is 5.88 Å². The summed E-state index contributed by atoms with van der Waals surface area (Å²) in [5, 5.41) is 2.37. The van der Waals surface area contributed by atoms with Crippen molar-refractivity contribution in [2.75, 3.05) is 11.9 Å². The highest BCUT2D eigenvalue weighted by Crippen LogP contribution is 2.17. The van der Waals surface area contributed by atoms with Crippen LogP contribution in [0.2, 0.25) is 0 Å². The molecule has 0 saturated heterocycles. The van der Waals surface area contributed by atoms with E-state index in [1.54, 1.807) is 19.1 Å². The topological polar surface area (TPSA) is 77.5 Å². The molecule has 1 amide bonds. The summed E-state index contributed by atoms with van der Waals surface area (Å²) in [5.74, 6) is -1.83. The van der Waals surface area contributed by atoms with Gasteiger partial charge in [-0.05, 0) is 38.1 Å². The van der Waals surface area contributed by atoms with Crippen LogP contribution in [-0.4, -0.2) is 29.6 Å². The molecular weight excluding hydrogens is 315 g/mol. The number of hydrogen-bond acceptors (Lipinski definition) is 5. The summed E-state index contributed by atoms with van der Waals surface area (Å²) in [6.07, 6.45) is 0.364. The first-order valence-corrected chi connectivity index (χ1v) is 7.37. The SMILES string of the molecule is CCOc1ncccc1C(=O)O[C@H](C)C(=O)Nc1ccccc1F. The fourth-order valence-corrected chi connectivity index (χ4v) is 1.87. The Morgan fingerprint density at radius 2 is 2.00 bits per heavy atom. The molecule has 1 aromatic heterocycles. The number of halogens is 1. The molecule has 1 N–H and O–H groups in total. The van der Waals surface area contributed by atoms with Crippen molar-refractivity contribution in [3.63, 3.8) is 0 Å². The van der Waals surface area contributed by atoms with Gasteiger partial charge in [-0.15, -0.1) is 0 Å². The van der Waals surface area contributed by atoms with Crippen molar-refractivity contribution < 1.29 is 23.5 Å². The number of ether oxygens (including phenoxy) is 2. The number of amides is 1. The van der Waals surface area contributed by atoms with Crippen LogP contribution in [0.3, 0.4) is 0 Å². The summed E-state index contributed by atoms with van der Waals surface area (Å²) in [7, 11) is 0. The van der Waals surface area contributed by atoms with Gasteiger partial charge in [0, 0.05) is 6.20 Å². The van der Waals surface area contributed by atoms with Gasteiger partial charge in [-0.2, -0.15) is 0 Å². The molecular formula is C17H17FN2O4. The first-order valence-electron chi connectivity index (χ1n) is 7.37. The van der Waals surface area contributed by atoms with Crippen molar-refractivity contribution in [3.8, 4) is 5.88 Å². The van der Waals surface area contributed by atoms with Crippen molar-refractivity contribution in [2.45, 2.75) is 20.0 Å².